The van der Waals surface area contributed by atoms with Gasteiger partial charge in [0.15, 0.2) is 0 Å². The Kier molecular flexibility index (Phi) is 4.47. The van der Waals surface area contributed by atoms with E-state index in [1.807, 2.05) is 36.1 Å². The summed E-state index contributed by atoms with van der Waals surface area (Å²) in [5.74, 6) is 0. The molecule has 0 fully saturated rings. The van der Waals surface area contributed by atoms with E-state index in [9.17, 15) is 4.79 Å². The second-order valence-corrected chi connectivity index (χ2v) is 7.76. The van der Waals surface area contributed by atoms with Crippen LogP contribution in [0.25, 0.3) is 10.6 Å². The van der Waals surface area contributed by atoms with Crippen LogP contribution >= 0.6 is 11.3 Å². The molecule has 1 N–H and O–H groups in total. The lowest BCUT2D eigenvalue weighted by Crippen LogP contribution is -2.38. The molecule has 4 nitrogen and oxygen atoms in total. The third-order valence-corrected chi connectivity index (χ3v) is 5.84. The molecular formula is C21H21N3OS. The van der Waals surface area contributed by atoms with E-state index in [0.29, 0.717) is 13.1 Å². The minimum atomic E-state index is -0.0461. The predicted molar refractivity (Wildman–Crippen MR) is 107 cm³/mol. The highest BCUT2D eigenvalue weighted by molar-refractivity contribution is 7.15. The van der Waals surface area contributed by atoms with Crippen molar-refractivity contribution in [2.45, 2.75) is 26.8 Å². The van der Waals surface area contributed by atoms with Crippen molar-refractivity contribution >= 4 is 23.1 Å². The van der Waals surface area contributed by atoms with E-state index >= 15 is 0 Å². The Morgan fingerprint density at radius 2 is 1.88 bits per heavy atom. The molecule has 0 radical (unpaired) electrons. The van der Waals surface area contributed by atoms with Crippen molar-refractivity contribution in [3.8, 4) is 10.6 Å². The summed E-state index contributed by atoms with van der Waals surface area (Å²) in [7, 11) is 0. The zero-order chi connectivity index (χ0) is 18.1. The van der Waals surface area contributed by atoms with Crippen molar-refractivity contribution in [2.24, 2.45) is 0 Å². The first-order valence-electron chi connectivity index (χ1n) is 8.77. The number of urea groups is 1. The Morgan fingerprint density at radius 3 is 2.65 bits per heavy atom. The van der Waals surface area contributed by atoms with E-state index in [1.54, 1.807) is 11.3 Å². The number of nitrogens with zero attached hydrogens (tertiary/aromatic N) is 2. The van der Waals surface area contributed by atoms with Gasteiger partial charge in [-0.2, -0.15) is 0 Å². The van der Waals surface area contributed by atoms with E-state index in [-0.39, 0.29) is 6.03 Å². The fourth-order valence-corrected chi connectivity index (χ4v) is 4.22. The first kappa shape index (κ1) is 16.8. The van der Waals surface area contributed by atoms with Crippen molar-refractivity contribution in [2.75, 3.05) is 11.9 Å². The molecule has 0 bridgehead atoms. The van der Waals surface area contributed by atoms with Crippen molar-refractivity contribution in [1.82, 2.24) is 9.88 Å². The van der Waals surface area contributed by atoms with Crippen molar-refractivity contribution in [3.63, 3.8) is 0 Å². The van der Waals surface area contributed by atoms with Gasteiger partial charge >= 0.3 is 6.03 Å². The standard InChI is InChI=1S/C21H21N3OS/c1-14-7-9-16(10-8-14)20-22-18-11-12-24(13-19(18)26-20)21(25)23-17-6-4-3-5-15(17)2/h3-10H,11-13H2,1-2H3,(H,23,25). The maximum absolute atomic E-state index is 12.6. The number of rotatable bonds is 2. The van der Waals surface area contributed by atoms with Crippen LogP contribution in [0.15, 0.2) is 48.5 Å². The molecule has 5 heteroatoms. The molecule has 1 aliphatic rings. The molecule has 0 spiro atoms. The molecule has 2 heterocycles. The summed E-state index contributed by atoms with van der Waals surface area (Å²) in [6.07, 6.45) is 0.804. The third-order valence-electron chi connectivity index (χ3n) is 4.70. The first-order chi connectivity index (χ1) is 12.6. The lowest BCUT2D eigenvalue weighted by molar-refractivity contribution is 0.207. The van der Waals surface area contributed by atoms with Crippen LogP contribution in [0, 0.1) is 13.8 Å². The van der Waals surface area contributed by atoms with Crippen molar-refractivity contribution in [3.05, 3.63) is 70.2 Å². The summed E-state index contributed by atoms with van der Waals surface area (Å²) in [6, 6.07) is 16.2. The summed E-state index contributed by atoms with van der Waals surface area (Å²) in [6.45, 7) is 5.40. The highest BCUT2D eigenvalue weighted by Crippen LogP contribution is 2.32. The molecule has 0 unspecified atom stereocenters. The Labute approximate surface area is 157 Å². The molecule has 0 aliphatic carbocycles. The molecule has 26 heavy (non-hydrogen) atoms. The number of hydrogen-bond acceptors (Lipinski definition) is 3. The maximum Gasteiger partial charge on any atom is 0.322 e. The van der Waals surface area contributed by atoms with E-state index in [2.05, 4.69) is 36.5 Å². The second kappa shape index (κ2) is 6.92. The topological polar surface area (TPSA) is 45.2 Å². The van der Waals surface area contributed by atoms with Crippen LogP contribution in [-0.2, 0) is 13.0 Å². The molecule has 132 valence electrons. The Balaban J connectivity index is 1.50. The zero-order valence-corrected chi connectivity index (χ0v) is 15.8. The van der Waals surface area contributed by atoms with E-state index in [0.717, 1.165) is 33.9 Å². The molecular weight excluding hydrogens is 342 g/mol. The lowest BCUT2D eigenvalue weighted by atomic mass is 10.1. The van der Waals surface area contributed by atoms with E-state index in [1.165, 1.54) is 10.4 Å². The van der Waals surface area contributed by atoms with Gasteiger partial charge in [-0.15, -0.1) is 11.3 Å². The Bertz CT molecular complexity index is 946. The molecule has 2 amide bonds. The number of para-hydroxylation sites is 1. The molecule has 0 saturated carbocycles. The quantitative estimate of drug-likeness (QED) is 0.695. The molecule has 4 rings (SSSR count). The number of carbonyl (C=O) groups excluding carboxylic acids is 1. The van der Waals surface area contributed by atoms with Crippen LogP contribution in [0.5, 0.6) is 0 Å². The van der Waals surface area contributed by atoms with Crippen LogP contribution in [0.4, 0.5) is 10.5 Å². The highest BCUT2D eigenvalue weighted by Gasteiger charge is 2.24. The minimum Gasteiger partial charge on any atom is -0.319 e. The summed E-state index contributed by atoms with van der Waals surface area (Å²) in [5, 5.41) is 4.06. The zero-order valence-electron chi connectivity index (χ0n) is 15.0. The monoisotopic (exact) mass is 363 g/mol. The number of amides is 2. The summed E-state index contributed by atoms with van der Waals surface area (Å²) in [5.41, 5.74) is 5.46. The summed E-state index contributed by atoms with van der Waals surface area (Å²) >= 11 is 1.69. The first-order valence-corrected chi connectivity index (χ1v) is 9.59. The van der Waals surface area contributed by atoms with Crippen LogP contribution in [-0.4, -0.2) is 22.5 Å². The predicted octanol–water partition coefficient (Wildman–Crippen LogP) is 5.02. The van der Waals surface area contributed by atoms with Crippen LogP contribution in [0.2, 0.25) is 0 Å². The molecule has 0 saturated heterocycles. The van der Waals surface area contributed by atoms with Gasteiger partial charge in [0, 0.05) is 29.1 Å². The highest BCUT2D eigenvalue weighted by atomic mass is 32.1. The van der Waals surface area contributed by atoms with Gasteiger partial charge in [0.1, 0.15) is 5.01 Å². The molecule has 0 atom stereocenters. The molecule has 1 aliphatic heterocycles. The van der Waals surface area contributed by atoms with Gasteiger partial charge in [-0.05, 0) is 25.5 Å². The Morgan fingerprint density at radius 1 is 1.12 bits per heavy atom. The average Bonchev–Trinajstić information content (AvgIpc) is 3.07. The maximum atomic E-state index is 12.6. The fourth-order valence-electron chi connectivity index (χ4n) is 3.10. The summed E-state index contributed by atoms with van der Waals surface area (Å²) < 4.78 is 0. The van der Waals surface area contributed by atoms with Gasteiger partial charge in [0.2, 0.25) is 0 Å². The number of anilines is 1. The number of hydrogen-bond donors (Lipinski definition) is 1. The lowest BCUT2D eigenvalue weighted by Gasteiger charge is -2.26. The molecule has 3 aromatic rings. The van der Waals surface area contributed by atoms with Gasteiger partial charge in [-0.3, -0.25) is 0 Å². The molecule has 1 aromatic heterocycles. The third kappa shape index (κ3) is 3.35. The number of thiazole rings is 1. The largest absolute Gasteiger partial charge is 0.322 e. The van der Waals surface area contributed by atoms with E-state index < -0.39 is 0 Å². The van der Waals surface area contributed by atoms with Crippen LogP contribution < -0.4 is 5.32 Å². The van der Waals surface area contributed by atoms with Gasteiger partial charge in [0.05, 0.1) is 12.2 Å². The van der Waals surface area contributed by atoms with Gasteiger partial charge in [-0.1, -0.05) is 48.0 Å². The second-order valence-electron chi connectivity index (χ2n) is 6.67. The van der Waals surface area contributed by atoms with Crippen LogP contribution in [0.3, 0.4) is 0 Å². The summed E-state index contributed by atoms with van der Waals surface area (Å²) in [4.78, 5) is 20.5. The normalized spacial score (nSPS) is 13.4. The van der Waals surface area contributed by atoms with Crippen LogP contribution in [0.1, 0.15) is 21.7 Å². The number of fused-ring (bicyclic) bond motifs is 1. The van der Waals surface area contributed by atoms with Gasteiger partial charge in [-0.25, -0.2) is 9.78 Å². The fraction of sp³-hybridized carbons (Fsp3) is 0.238. The molecule has 2 aromatic carbocycles. The number of carbonyl (C=O) groups is 1. The number of aromatic nitrogens is 1. The number of nitrogens with one attached hydrogen (secondary N) is 1. The average molecular weight is 363 g/mol. The van der Waals surface area contributed by atoms with Gasteiger partial charge in [0.25, 0.3) is 0 Å². The number of aryl methyl sites for hydroxylation is 2. The van der Waals surface area contributed by atoms with Crippen molar-refractivity contribution < 1.29 is 4.79 Å². The Hall–Kier alpha value is -2.66. The number of benzene rings is 2. The SMILES string of the molecule is Cc1ccc(-c2nc3c(s2)CN(C(=O)Nc2ccccc2C)CC3)cc1. The smallest absolute Gasteiger partial charge is 0.319 e. The van der Waals surface area contributed by atoms with E-state index in [4.69, 9.17) is 4.98 Å². The van der Waals surface area contributed by atoms with Crippen molar-refractivity contribution in [1.29, 1.82) is 0 Å². The minimum absolute atomic E-state index is 0.0461. The van der Waals surface area contributed by atoms with Gasteiger partial charge < -0.3 is 10.2 Å².